The van der Waals surface area contributed by atoms with Crippen LogP contribution < -0.4 is 15.4 Å². The normalized spacial score (nSPS) is 13.8. The van der Waals surface area contributed by atoms with E-state index in [0.29, 0.717) is 6.61 Å². The van der Waals surface area contributed by atoms with Crippen LogP contribution in [0.3, 0.4) is 0 Å². The molecular formula is C15H23N3O3. The standard InChI is InChI=1S/C15H23N3O3/c1-18(2)6-8-20-7-5-16-10-12-3-4-14-13(9-12)17-15(19)11-21-14/h3-4,9,16H,5-8,10-11H2,1-2H3,(H,17,19). The number of rotatable bonds is 8. The Morgan fingerprint density at radius 1 is 1.38 bits per heavy atom. The van der Waals surface area contributed by atoms with Gasteiger partial charge in [-0.3, -0.25) is 4.79 Å². The molecule has 0 saturated carbocycles. The molecule has 0 saturated heterocycles. The fraction of sp³-hybridized carbons (Fsp3) is 0.533. The minimum atomic E-state index is -0.109. The maximum absolute atomic E-state index is 11.3. The summed E-state index contributed by atoms with van der Waals surface area (Å²) in [7, 11) is 4.06. The Labute approximate surface area is 125 Å². The van der Waals surface area contributed by atoms with Crippen molar-refractivity contribution in [2.45, 2.75) is 6.54 Å². The van der Waals surface area contributed by atoms with E-state index in [-0.39, 0.29) is 12.5 Å². The summed E-state index contributed by atoms with van der Waals surface area (Å²) in [6.45, 7) is 4.00. The molecule has 1 aliphatic heterocycles. The lowest BCUT2D eigenvalue weighted by molar-refractivity contribution is -0.118. The first-order valence-electron chi connectivity index (χ1n) is 7.14. The van der Waals surface area contributed by atoms with Gasteiger partial charge in [0.05, 0.1) is 18.9 Å². The minimum absolute atomic E-state index is 0.0921. The monoisotopic (exact) mass is 293 g/mol. The number of nitrogens with one attached hydrogen (secondary N) is 2. The maximum Gasteiger partial charge on any atom is 0.262 e. The molecule has 6 nitrogen and oxygen atoms in total. The first kappa shape index (κ1) is 15.8. The number of fused-ring (bicyclic) bond motifs is 1. The SMILES string of the molecule is CN(C)CCOCCNCc1ccc2c(c1)NC(=O)CO2. The second-order valence-corrected chi connectivity index (χ2v) is 5.26. The third-order valence-corrected chi connectivity index (χ3v) is 3.11. The van der Waals surface area contributed by atoms with E-state index >= 15 is 0 Å². The van der Waals surface area contributed by atoms with Crippen molar-refractivity contribution >= 4 is 11.6 Å². The van der Waals surface area contributed by atoms with E-state index < -0.39 is 0 Å². The molecule has 1 amide bonds. The Morgan fingerprint density at radius 3 is 3.05 bits per heavy atom. The van der Waals surface area contributed by atoms with Crippen LogP contribution >= 0.6 is 0 Å². The summed E-state index contributed by atoms with van der Waals surface area (Å²) in [5, 5.41) is 6.12. The molecule has 2 rings (SSSR count). The predicted molar refractivity (Wildman–Crippen MR) is 81.6 cm³/mol. The summed E-state index contributed by atoms with van der Waals surface area (Å²) in [6.07, 6.45) is 0. The van der Waals surface area contributed by atoms with Crippen molar-refractivity contribution in [2.24, 2.45) is 0 Å². The van der Waals surface area contributed by atoms with Crippen molar-refractivity contribution in [3.05, 3.63) is 23.8 Å². The second-order valence-electron chi connectivity index (χ2n) is 5.26. The first-order valence-corrected chi connectivity index (χ1v) is 7.14. The summed E-state index contributed by atoms with van der Waals surface area (Å²) in [5.41, 5.74) is 1.85. The van der Waals surface area contributed by atoms with Gasteiger partial charge in [0.15, 0.2) is 6.61 Å². The molecule has 21 heavy (non-hydrogen) atoms. The molecule has 1 aromatic rings. The van der Waals surface area contributed by atoms with E-state index in [1.807, 2.05) is 32.3 Å². The average Bonchev–Trinajstić information content (AvgIpc) is 2.45. The number of carbonyl (C=O) groups excluding carboxylic acids is 1. The van der Waals surface area contributed by atoms with Crippen molar-refractivity contribution in [3.63, 3.8) is 0 Å². The van der Waals surface area contributed by atoms with E-state index in [4.69, 9.17) is 9.47 Å². The predicted octanol–water partition coefficient (Wildman–Crippen LogP) is 0.685. The zero-order valence-electron chi connectivity index (χ0n) is 12.6. The van der Waals surface area contributed by atoms with E-state index in [9.17, 15) is 4.79 Å². The van der Waals surface area contributed by atoms with Gasteiger partial charge in [-0.1, -0.05) is 6.07 Å². The molecule has 0 radical (unpaired) electrons. The van der Waals surface area contributed by atoms with Gasteiger partial charge in [-0.05, 0) is 31.8 Å². The van der Waals surface area contributed by atoms with Gasteiger partial charge in [0.1, 0.15) is 5.75 Å². The molecule has 0 aliphatic carbocycles. The summed E-state index contributed by atoms with van der Waals surface area (Å²) >= 11 is 0. The van der Waals surface area contributed by atoms with Crippen LogP contribution in [0.25, 0.3) is 0 Å². The Kier molecular flexibility index (Phi) is 5.98. The number of nitrogens with zero attached hydrogens (tertiary/aromatic N) is 1. The molecule has 1 heterocycles. The summed E-state index contributed by atoms with van der Waals surface area (Å²) in [4.78, 5) is 13.4. The van der Waals surface area contributed by atoms with Crippen LogP contribution in [-0.4, -0.2) is 57.8 Å². The zero-order valence-corrected chi connectivity index (χ0v) is 12.6. The molecule has 2 N–H and O–H groups in total. The molecule has 0 unspecified atom stereocenters. The molecular weight excluding hydrogens is 270 g/mol. The van der Waals surface area contributed by atoms with Gasteiger partial charge in [-0.25, -0.2) is 0 Å². The van der Waals surface area contributed by atoms with E-state index in [0.717, 1.165) is 43.2 Å². The zero-order chi connectivity index (χ0) is 15.1. The van der Waals surface area contributed by atoms with Crippen molar-refractivity contribution in [1.82, 2.24) is 10.2 Å². The van der Waals surface area contributed by atoms with E-state index in [2.05, 4.69) is 15.5 Å². The summed E-state index contributed by atoms with van der Waals surface area (Å²) in [5.74, 6) is 0.618. The van der Waals surface area contributed by atoms with Crippen molar-refractivity contribution in [3.8, 4) is 5.75 Å². The molecule has 1 aromatic carbocycles. The molecule has 1 aliphatic rings. The number of amides is 1. The van der Waals surface area contributed by atoms with Gasteiger partial charge >= 0.3 is 0 Å². The Bertz CT molecular complexity index is 477. The fourth-order valence-corrected chi connectivity index (χ4v) is 1.97. The number of likely N-dealkylation sites (N-methyl/N-ethyl adjacent to an activating group) is 1. The highest BCUT2D eigenvalue weighted by Crippen LogP contribution is 2.28. The molecule has 0 aromatic heterocycles. The van der Waals surface area contributed by atoms with Crippen LogP contribution in [0, 0.1) is 0 Å². The van der Waals surface area contributed by atoms with Gasteiger partial charge in [0, 0.05) is 19.6 Å². The number of anilines is 1. The van der Waals surface area contributed by atoms with Crippen LogP contribution in [0.2, 0.25) is 0 Å². The second kappa shape index (κ2) is 7.97. The smallest absolute Gasteiger partial charge is 0.262 e. The van der Waals surface area contributed by atoms with Crippen LogP contribution in [0.1, 0.15) is 5.56 Å². The number of ether oxygens (including phenoxy) is 2. The van der Waals surface area contributed by atoms with Crippen molar-refractivity contribution < 1.29 is 14.3 Å². The van der Waals surface area contributed by atoms with E-state index in [1.165, 1.54) is 0 Å². The topological polar surface area (TPSA) is 62.8 Å². The molecule has 0 atom stereocenters. The van der Waals surface area contributed by atoms with Crippen LogP contribution in [-0.2, 0) is 16.1 Å². The lowest BCUT2D eigenvalue weighted by atomic mass is 10.1. The fourth-order valence-electron chi connectivity index (χ4n) is 1.97. The minimum Gasteiger partial charge on any atom is -0.482 e. The molecule has 6 heteroatoms. The number of hydrogen-bond donors (Lipinski definition) is 2. The largest absolute Gasteiger partial charge is 0.482 e. The summed E-state index contributed by atoms with van der Waals surface area (Å²) in [6, 6.07) is 5.82. The number of benzene rings is 1. The Balaban J connectivity index is 1.67. The van der Waals surface area contributed by atoms with Gasteiger partial charge < -0.3 is 25.0 Å². The number of hydrogen-bond acceptors (Lipinski definition) is 5. The Morgan fingerprint density at radius 2 is 2.24 bits per heavy atom. The highest BCUT2D eigenvalue weighted by atomic mass is 16.5. The third-order valence-electron chi connectivity index (χ3n) is 3.11. The van der Waals surface area contributed by atoms with Crippen LogP contribution in [0.5, 0.6) is 5.75 Å². The van der Waals surface area contributed by atoms with Gasteiger partial charge in [-0.2, -0.15) is 0 Å². The molecule has 0 spiro atoms. The molecule has 0 bridgehead atoms. The highest BCUT2D eigenvalue weighted by Gasteiger charge is 2.15. The number of carbonyl (C=O) groups is 1. The van der Waals surface area contributed by atoms with Gasteiger partial charge in [-0.15, -0.1) is 0 Å². The van der Waals surface area contributed by atoms with Crippen LogP contribution in [0.15, 0.2) is 18.2 Å². The molecule has 0 fully saturated rings. The lowest BCUT2D eigenvalue weighted by Gasteiger charge is -2.18. The Hall–Kier alpha value is -1.63. The quantitative estimate of drug-likeness (QED) is 0.690. The van der Waals surface area contributed by atoms with Crippen molar-refractivity contribution in [1.29, 1.82) is 0 Å². The lowest BCUT2D eigenvalue weighted by Crippen LogP contribution is -2.26. The molecule has 116 valence electrons. The van der Waals surface area contributed by atoms with Crippen LogP contribution in [0.4, 0.5) is 5.69 Å². The average molecular weight is 293 g/mol. The highest BCUT2D eigenvalue weighted by molar-refractivity contribution is 5.95. The van der Waals surface area contributed by atoms with Gasteiger partial charge in [0.25, 0.3) is 5.91 Å². The third kappa shape index (κ3) is 5.34. The van der Waals surface area contributed by atoms with E-state index in [1.54, 1.807) is 0 Å². The first-order chi connectivity index (χ1) is 10.1. The van der Waals surface area contributed by atoms with Crippen molar-refractivity contribution in [2.75, 3.05) is 52.3 Å². The maximum atomic E-state index is 11.3. The summed E-state index contributed by atoms with van der Waals surface area (Å²) < 4.78 is 10.8. The van der Waals surface area contributed by atoms with Gasteiger partial charge in [0.2, 0.25) is 0 Å².